The zero-order chi connectivity index (χ0) is 25.1. The van der Waals surface area contributed by atoms with Gasteiger partial charge in [0.05, 0.1) is 11.9 Å². The van der Waals surface area contributed by atoms with Crippen LogP contribution >= 0.6 is 23.1 Å². The average molecular weight is 513 g/mol. The lowest BCUT2D eigenvalue weighted by Crippen LogP contribution is -2.41. The topological polar surface area (TPSA) is 99.8 Å². The van der Waals surface area contributed by atoms with E-state index in [9.17, 15) is 19.5 Å². The highest BCUT2D eigenvalue weighted by Crippen LogP contribution is 2.37. The molecule has 35 heavy (non-hydrogen) atoms. The van der Waals surface area contributed by atoms with Crippen molar-refractivity contribution in [2.24, 2.45) is 0 Å². The molecule has 0 fully saturated rings. The van der Waals surface area contributed by atoms with Gasteiger partial charge in [0.1, 0.15) is 17.1 Å². The number of rotatable bonds is 9. The summed E-state index contributed by atoms with van der Waals surface area (Å²) in [6, 6.07) is 15.1. The van der Waals surface area contributed by atoms with Crippen LogP contribution in [0.15, 0.2) is 63.0 Å². The summed E-state index contributed by atoms with van der Waals surface area (Å²) in [5.74, 6) is -0.608. The summed E-state index contributed by atoms with van der Waals surface area (Å²) in [7, 11) is 1.54. The lowest BCUT2D eigenvalue weighted by molar-refractivity contribution is -0.137. The van der Waals surface area contributed by atoms with Crippen LogP contribution in [0.3, 0.4) is 0 Å². The van der Waals surface area contributed by atoms with Crippen LogP contribution in [0.25, 0.3) is 20.7 Å². The highest BCUT2D eigenvalue weighted by molar-refractivity contribution is 7.98. The zero-order valence-electron chi connectivity index (χ0n) is 19.4. The van der Waals surface area contributed by atoms with Gasteiger partial charge in [-0.2, -0.15) is 0 Å². The molecule has 2 aromatic carbocycles. The lowest BCUT2D eigenvalue weighted by atomic mass is 10.1. The second kappa shape index (κ2) is 10.5. The predicted octanol–water partition coefficient (Wildman–Crippen LogP) is 4.04. The number of thioether (sulfide) groups is 1. The van der Waals surface area contributed by atoms with Crippen LogP contribution in [0.5, 0.6) is 5.75 Å². The van der Waals surface area contributed by atoms with Gasteiger partial charge >= 0.3 is 11.7 Å². The third kappa shape index (κ3) is 4.90. The van der Waals surface area contributed by atoms with Crippen LogP contribution < -0.4 is 16.0 Å². The summed E-state index contributed by atoms with van der Waals surface area (Å²) in [5.41, 5.74) is 1.24. The third-order valence-corrected chi connectivity index (χ3v) is 7.77. The van der Waals surface area contributed by atoms with E-state index in [1.165, 1.54) is 15.9 Å². The molecule has 0 radical (unpaired) electrons. The molecular formula is C25H24N2O6S2. The molecule has 0 unspecified atom stereocenters. The Balaban J connectivity index is 1.93. The number of aryl methyl sites for hydroxylation is 1. The number of carbonyl (C=O) groups is 1. The van der Waals surface area contributed by atoms with E-state index in [2.05, 4.69) is 0 Å². The molecule has 0 saturated carbocycles. The standard InChI is InChI=1S/C25H24N2O6S2/c1-15-21-23(30)26(13-20(28)29)25(31)27(12-17-6-4-5-7-19(17)34-3)24(21)35-22(15)16-8-10-18(11-9-16)33-14-32-2/h4-11H,12-14H2,1-3H3,(H,28,29). The van der Waals surface area contributed by atoms with Crippen LogP contribution in [-0.2, 0) is 22.6 Å². The van der Waals surface area contributed by atoms with Crippen molar-refractivity contribution >= 4 is 39.3 Å². The Hall–Kier alpha value is -3.34. The molecule has 10 heteroatoms. The molecule has 0 spiro atoms. The van der Waals surface area contributed by atoms with Crippen LogP contribution in [0.2, 0.25) is 0 Å². The fraction of sp³-hybridized carbons (Fsp3) is 0.240. The second-order valence-electron chi connectivity index (χ2n) is 7.78. The summed E-state index contributed by atoms with van der Waals surface area (Å²) < 4.78 is 12.7. The Morgan fingerprint density at radius 1 is 1.09 bits per heavy atom. The molecule has 0 aliphatic rings. The van der Waals surface area contributed by atoms with Gasteiger partial charge in [0, 0.05) is 16.9 Å². The minimum Gasteiger partial charge on any atom is -0.480 e. The van der Waals surface area contributed by atoms with E-state index < -0.39 is 23.8 Å². The van der Waals surface area contributed by atoms with Gasteiger partial charge in [-0.25, -0.2) is 9.36 Å². The minimum atomic E-state index is -1.25. The number of aliphatic carboxylic acids is 1. The van der Waals surface area contributed by atoms with Crippen molar-refractivity contribution in [1.29, 1.82) is 0 Å². The highest BCUT2D eigenvalue weighted by atomic mass is 32.2. The summed E-state index contributed by atoms with van der Waals surface area (Å²) in [6.07, 6.45) is 1.95. The molecule has 1 N–H and O–H groups in total. The Labute approximate surface area is 209 Å². The van der Waals surface area contributed by atoms with Crippen molar-refractivity contribution in [2.45, 2.75) is 24.9 Å². The highest BCUT2D eigenvalue weighted by Gasteiger charge is 2.22. The van der Waals surface area contributed by atoms with Gasteiger partial charge in [-0.1, -0.05) is 18.2 Å². The molecule has 4 rings (SSSR count). The molecule has 2 aromatic heterocycles. The maximum Gasteiger partial charge on any atom is 0.332 e. The van der Waals surface area contributed by atoms with Gasteiger partial charge in [0.2, 0.25) is 0 Å². The van der Waals surface area contributed by atoms with Crippen LogP contribution in [0, 0.1) is 6.92 Å². The van der Waals surface area contributed by atoms with Gasteiger partial charge in [0.25, 0.3) is 5.56 Å². The van der Waals surface area contributed by atoms with E-state index >= 15 is 0 Å². The van der Waals surface area contributed by atoms with Crippen molar-refractivity contribution < 1.29 is 19.4 Å². The second-order valence-corrected chi connectivity index (χ2v) is 9.62. The van der Waals surface area contributed by atoms with Gasteiger partial charge in [0.15, 0.2) is 6.79 Å². The number of ether oxygens (including phenoxy) is 2. The first-order valence-corrected chi connectivity index (χ1v) is 12.7. The molecular weight excluding hydrogens is 488 g/mol. The molecule has 8 nitrogen and oxygen atoms in total. The SMILES string of the molecule is COCOc1ccc(-c2sc3c(c2C)c(=O)n(CC(=O)O)c(=O)n3Cc2ccccc2SC)cc1. The number of carboxylic acid groups (broad SMARTS) is 1. The summed E-state index contributed by atoms with van der Waals surface area (Å²) in [6.45, 7) is 1.47. The summed E-state index contributed by atoms with van der Waals surface area (Å²) >= 11 is 2.91. The Morgan fingerprint density at radius 3 is 2.46 bits per heavy atom. The smallest absolute Gasteiger partial charge is 0.332 e. The zero-order valence-corrected chi connectivity index (χ0v) is 21.1. The molecule has 2 heterocycles. The van der Waals surface area contributed by atoms with Crippen LogP contribution in [-0.4, -0.2) is 40.4 Å². The number of thiophene rings is 1. The van der Waals surface area contributed by atoms with E-state index in [4.69, 9.17) is 9.47 Å². The van der Waals surface area contributed by atoms with Crippen molar-refractivity contribution in [3.05, 3.63) is 80.5 Å². The maximum atomic E-state index is 13.4. The van der Waals surface area contributed by atoms with Gasteiger partial charge in [-0.15, -0.1) is 23.1 Å². The van der Waals surface area contributed by atoms with Crippen LogP contribution in [0.4, 0.5) is 0 Å². The molecule has 0 amide bonds. The molecule has 0 atom stereocenters. The van der Waals surface area contributed by atoms with Crippen molar-refractivity contribution in [1.82, 2.24) is 9.13 Å². The fourth-order valence-electron chi connectivity index (χ4n) is 3.92. The first-order chi connectivity index (χ1) is 16.8. The van der Waals surface area contributed by atoms with E-state index in [0.29, 0.717) is 21.5 Å². The number of benzene rings is 2. The van der Waals surface area contributed by atoms with Crippen molar-refractivity contribution in [2.75, 3.05) is 20.2 Å². The number of aromatic nitrogens is 2. The molecule has 0 aliphatic carbocycles. The van der Waals surface area contributed by atoms with Crippen molar-refractivity contribution in [3.8, 4) is 16.2 Å². The number of hydrogen-bond donors (Lipinski definition) is 1. The number of nitrogens with zero attached hydrogens (tertiary/aromatic N) is 2. The predicted molar refractivity (Wildman–Crippen MR) is 138 cm³/mol. The summed E-state index contributed by atoms with van der Waals surface area (Å²) in [5, 5.41) is 9.72. The maximum absolute atomic E-state index is 13.4. The number of fused-ring (bicyclic) bond motifs is 1. The van der Waals surface area contributed by atoms with Gasteiger partial charge in [-0.3, -0.25) is 14.2 Å². The molecule has 0 aliphatic heterocycles. The Bertz CT molecular complexity index is 1500. The molecule has 0 bridgehead atoms. The monoisotopic (exact) mass is 512 g/mol. The van der Waals surface area contributed by atoms with Gasteiger partial charge in [-0.05, 0) is 60.2 Å². The number of carboxylic acids is 1. The first kappa shape index (κ1) is 24.8. The Morgan fingerprint density at radius 2 is 1.80 bits per heavy atom. The third-order valence-electron chi connectivity index (χ3n) is 5.57. The van der Waals surface area contributed by atoms with Crippen molar-refractivity contribution in [3.63, 3.8) is 0 Å². The van der Waals surface area contributed by atoms with E-state index in [1.807, 2.05) is 61.7 Å². The number of hydrogen-bond acceptors (Lipinski definition) is 7. The van der Waals surface area contributed by atoms with Crippen LogP contribution in [0.1, 0.15) is 11.1 Å². The molecule has 182 valence electrons. The first-order valence-electron chi connectivity index (χ1n) is 10.7. The molecule has 4 aromatic rings. The van der Waals surface area contributed by atoms with E-state index in [1.54, 1.807) is 18.9 Å². The quantitative estimate of drug-likeness (QED) is 0.267. The number of methoxy groups -OCH3 is 1. The fourth-order valence-corrected chi connectivity index (χ4v) is 5.82. The largest absolute Gasteiger partial charge is 0.480 e. The molecule has 0 saturated heterocycles. The minimum absolute atomic E-state index is 0.133. The average Bonchev–Trinajstić information content (AvgIpc) is 3.20. The van der Waals surface area contributed by atoms with E-state index in [0.717, 1.165) is 25.5 Å². The normalized spacial score (nSPS) is 11.2. The van der Waals surface area contributed by atoms with E-state index in [-0.39, 0.29) is 13.3 Å². The lowest BCUT2D eigenvalue weighted by Gasteiger charge is -2.13. The summed E-state index contributed by atoms with van der Waals surface area (Å²) in [4.78, 5) is 40.5. The van der Waals surface area contributed by atoms with Gasteiger partial charge < -0.3 is 14.6 Å². The Kier molecular flexibility index (Phi) is 7.44.